The van der Waals surface area contributed by atoms with Gasteiger partial charge in [-0.1, -0.05) is 18.2 Å². The molecule has 1 aromatic carbocycles. The molecule has 1 N–H and O–H groups in total. The number of benzene rings is 1. The van der Waals surface area contributed by atoms with Gasteiger partial charge in [0, 0.05) is 0 Å². The van der Waals surface area contributed by atoms with Crippen molar-refractivity contribution >= 4 is 5.97 Å². The Morgan fingerprint density at radius 1 is 1.24 bits per heavy atom. The number of carbonyl (C=O) groups excluding carboxylic acids is 1. The third-order valence-electron chi connectivity index (χ3n) is 2.90. The molecule has 4 nitrogen and oxygen atoms in total. The molecule has 17 heavy (non-hydrogen) atoms. The first-order chi connectivity index (χ1) is 8.36. The molecule has 1 heterocycles. The van der Waals surface area contributed by atoms with E-state index in [4.69, 9.17) is 9.47 Å². The molecule has 0 aliphatic carbocycles. The summed E-state index contributed by atoms with van der Waals surface area (Å²) in [7, 11) is 0. The molecule has 2 rings (SSSR count). The van der Waals surface area contributed by atoms with Crippen LogP contribution in [-0.4, -0.2) is 45.4 Å². The SMILES string of the molecule is O=C(OCC[NH+]1CCOCC1)c1ccccc1. The van der Waals surface area contributed by atoms with Crippen molar-refractivity contribution in [3.8, 4) is 0 Å². The number of hydrogen-bond acceptors (Lipinski definition) is 3. The Morgan fingerprint density at radius 2 is 1.94 bits per heavy atom. The summed E-state index contributed by atoms with van der Waals surface area (Å²) >= 11 is 0. The molecular formula is C13H18NO3+. The molecule has 0 aromatic heterocycles. The van der Waals surface area contributed by atoms with Gasteiger partial charge >= 0.3 is 5.97 Å². The van der Waals surface area contributed by atoms with Crippen molar-refractivity contribution in [2.75, 3.05) is 39.5 Å². The normalized spacial score (nSPS) is 16.7. The first-order valence-corrected chi connectivity index (χ1v) is 6.00. The number of carbonyl (C=O) groups is 1. The molecule has 0 unspecified atom stereocenters. The molecular weight excluding hydrogens is 218 g/mol. The summed E-state index contributed by atoms with van der Waals surface area (Å²) in [6.45, 7) is 4.96. The van der Waals surface area contributed by atoms with Crippen molar-refractivity contribution in [3.05, 3.63) is 35.9 Å². The highest BCUT2D eigenvalue weighted by atomic mass is 16.5. The number of nitrogens with one attached hydrogen (secondary N) is 1. The quantitative estimate of drug-likeness (QED) is 0.733. The van der Waals surface area contributed by atoms with Crippen molar-refractivity contribution in [2.24, 2.45) is 0 Å². The zero-order valence-corrected chi connectivity index (χ0v) is 9.85. The fourth-order valence-corrected chi connectivity index (χ4v) is 1.86. The van der Waals surface area contributed by atoms with E-state index in [-0.39, 0.29) is 5.97 Å². The lowest BCUT2D eigenvalue weighted by molar-refractivity contribution is -0.908. The van der Waals surface area contributed by atoms with Gasteiger partial charge < -0.3 is 14.4 Å². The first-order valence-electron chi connectivity index (χ1n) is 6.00. The van der Waals surface area contributed by atoms with Crippen molar-refractivity contribution in [3.63, 3.8) is 0 Å². The van der Waals surface area contributed by atoms with Crippen LogP contribution in [0.4, 0.5) is 0 Å². The van der Waals surface area contributed by atoms with E-state index in [1.165, 1.54) is 4.90 Å². The van der Waals surface area contributed by atoms with Crippen LogP contribution in [0.25, 0.3) is 0 Å². The Bertz CT molecular complexity index is 347. The van der Waals surface area contributed by atoms with Gasteiger partial charge in [0.15, 0.2) is 0 Å². The Balaban J connectivity index is 1.69. The lowest BCUT2D eigenvalue weighted by atomic mass is 10.2. The summed E-state index contributed by atoms with van der Waals surface area (Å²) in [6, 6.07) is 9.09. The van der Waals surface area contributed by atoms with Crippen LogP contribution in [0.5, 0.6) is 0 Å². The number of morpholine rings is 1. The van der Waals surface area contributed by atoms with E-state index in [1.807, 2.05) is 18.2 Å². The maximum atomic E-state index is 11.6. The molecule has 1 aliphatic rings. The Labute approximate surface area is 101 Å². The molecule has 92 valence electrons. The predicted octanol–water partition coefficient (Wildman–Crippen LogP) is -0.241. The number of hydrogen-bond donors (Lipinski definition) is 1. The van der Waals surface area contributed by atoms with Gasteiger partial charge in [-0.2, -0.15) is 0 Å². The molecule has 1 aromatic rings. The van der Waals surface area contributed by atoms with Crippen LogP contribution in [0.15, 0.2) is 30.3 Å². The molecule has 1 aliphatic heterocycles. The summed E-state index contributed by atoms with van der Waals surface area (Å²) < 4.78 is 10.5. The van der Waals surface area contributed by atoms with Crippen molar-refractivity contribution in [1.82, 2.24) is 0 Å². The van der Waals surface area contributed by atoms with Gasteiger partial charge in [0.05, 0.1) is 18.8 Å². The van der Waals surface area contributed by atoms with E-state index in [0.29, 0.717) is 12.2 Å². The van der Waals surface area contributed by atoms with Crippen molar-refractivity contribution < 1.29 is 19.2 Å². The maximum absolute atomic E-state index is 11.6. The van der Waals surface area contributed by atoms with E-state index in [2.05, 4.69) is 0 Å². The van der Waals surface area contributed by atoms with Gasteiger partial charge in [0.2, 0.25) is 0 Å². The summed E-state index contributed by atoms with van der Waals surface area (Å²) in [5.74, 6) is -0.238. The second kappa shape index (κ2) is 6.37. The van der Waals surface area contributed by atoms with E-state index in [1.54, 1.807) is 12.1 Å². The minimum Gasteiger partial charge on any atom is -0.456 e. The van der Waals surface area contributed by atoms with Crippen LogP contribution in [0.2, 0.25) is 0 Å². The maximum Gasteiger partial charge on any atom is 0.338 e. The highest BCUT2D eigenvalue weighted by Crippen LogP contribution is 2.00. The predicted molar refractivity (Wildman–Crippen MR) is 63.1 cm³/mol. The fraction of sp³-hybridized carbons (Fsp3) is 0.462. The Hall–Kier alpha value is -1.39. The lowest BCUT2D eigenvalue weighted by Gasteiger charge is -2.23. The Kier molecular flexibility index (Phi) is 4.53. The number of ether oxygens (including phenoxy) is 2. The van der Waals surface area contributed by atoms with Gasteiger partial charge in [0.1, 0.15) is 26.2 Å². The van der Waals surface area contributed by atoms with Crippen LogP contribution in [0.3, 0.4) is 0 Å². The van der Waals surface area contributed by atoms with Crippen LogP contribution < -0.4 is 4.90 Å². The lowest BCUT2D eigenvalue weighted by Crippen LogP contribution is -3.14. The number of rotatable bonds is 4. The molecule has 1 saturated heterocycles. The van der Waals surface area contributed by atoms with Gasteiger partial charge in [-0.25, -0.2) is 4.79 Å². The zero-order chi connectivity index (χ0) is 11.9. The van der Waals surface area contributed by atoms with Gasteiger partial charge in [-0.3, -0.25) is 0 Å². The second-order valence-electron chi connectivity index (χ2n) is 4.11. The average Bonchev–Trinajstić information content (AvgIpc) is 2.41. The topological polar surface area (TPSA) is 40.0 Å². The number of quaternary nitrogens is 1. The van der Waals surface area contributed by atoms with Crippen molar-refractivity contribution in [1.29, 1.82) is 0 Å². The highest BCUT2D eigenvalue weighted by molar-refractivity contribution is 5.89. The fourth-order valence-electron chi connectivity index (χ4n) is 1.86. The van der Waals surface area contributed by atoms with Crippen LogP contribution in [0, 0.1) is 0 Å². The molecule has 0 bridgehead atoms. The van der Waals surface area contributed by atoms with Gasteiger partial charge in [0.25, 0.3) is 0 Å². The third kappa shape index (κ3) is 3.84. The second-order valence-corrected chi connectivity index (χ2v) is 4.11. The molecule has 0 amide bonds. The number of esters is 1. The van der Waals surface area contributed by atoms with E-state index in [9.17, 15) is 4.79 Å². The standard InChI is InChI=1S/C13H17NO3/c15-13(12-4-2-1-3-5-12)17-11-8-14-6-9-16-10-7-14/h1-5H,6-11H2/p+1. The van der Waals surface area contributed by atoms with E-state index < -0.39 is 0 Å². The van der Waals surface area contributed by atoms with E-state index >= 15 is 0 Å². The molecule has 0 spiro atoms. The monoisotopic (exact) mass is 236 g/mol. The zero-order valence-electron chi connectivity index (χ0n) is 9.85. The van der Waals surface area contributed by atoms with Gasteiger partial charge in [-0.05, 0) is 12.1 Å². The smallest absolute Gasteiger partial charge is 0.338 e. The average molecular weight is 236 g/mol. The molecule has 0 radical (unpaired) electrons. The first kappa shape index (κ1) is 12.1. The summed E-state index contributed by atoms with van der Waals surface area (Å²) in [6.07, 6.45) is 0. The van der Waals surface area contributed by atoms with Crippen LogP contribution in [-0.2, 0) is 9.47 Å². The minimum absolute atomic E-state index is 0.238. The summed E-state index contributed by atoms with van der Waals surface area (Å²) in [5.41, 5.74) is 0.615. The van der Waals surface area contributed by atoms with E-state index in [0.717, 1.165) is 32.8 Å². The summed E-state index contributed by atoms with van der Waals surface area (Å²) in [4.78, 5) is 13.1. The molecule has 1 fully saturated rings. The van der Waals surface area contributed by atoms with Crippen LogP contribution >= 0.6 is 0 Å². The van der Waals surface area contributed by atoms with Gasteiger partial charge in [-0.15, -0.1) is 0 Å². The minimum atomic E-state index is -0.238. The highest BCUT2D eigenvalue weighted by Gasteiger charge is 2.14. The van der Waals surface area contributed by atoms with Crippen molar-refractivity contribution in [2.45, 2.75) is 0 Å². The Morgan fingerprint density at radius 3 is 2.65 bits per heavy atom. The van der Waals surface area contributed by atoms with Crippen LogP contribution in [0.1, 0.15) is 10.4 Å². The third-order valence-corrected chi connectivity index (χ3v) is 2.90. The molecule has 0 atom stereocenters. The largest absolute Gasteiger partial charge is 0.456 e. The summed E-state index contributed by atoms with van der Waals surface area (Å²) in [5, 5.41) is 0. The molecule has 4 heteroatoms. The molecule has 0 saturated carbocycles.